The summed E-state index contributed by atoms with van der Waals surface area (Å²) in [5, 5.41) is 19.1. The van der Waals surface area contributed by atoms with Gasteiger partial charge in [-0.2, -0.15) is 5.10 Å². The van der Waals surface area contributed by atoms with E-state index in [9.17, 15) is 4.79 Å². The minimum absolute atomic E-state index is 0.170. The highest BCUT2D eigenvalue weighted by Gasteiger charge is 2.28. The van der Waals surface area contributed by atoms with E-state index in [1.165, 1.54) is 6.33 Å². The van der Waals surface area contributed by atoms with Gasteiger partial charge in [-0.15, -0.1) is 5.10 Å². The molecule has 2 aromatic carbocycles. The largest absolute Gasteiger partial charge is 0.322 e. The summed E-state index contributed by atoms with van der Waals surface area (Å²) in [6.45, 7) is 0.611. The van der Waals surface area contributed by atoms with Crippen LogP contribution in [0.25, 0.3) is 11.4 Å². The van der Waals surface area contributed by atoms with Crippen LogP contribution in [0.4, 0.5) is 5.69 Å². The van der Waals surface area contributed by atoms with E-state index in [1.54, 1.807) is 23.1 Å². The number of hydrogen-bond acceptors (Lipinski definition) is 6. The third-order valence-electron chi connectivity index (χ3n) is 4.79. The molecule has 1 aliphatic rings. The predicted octanol–water partition coefficient (Wildman–Crippen LogP) is 2.57. The fraction of sp³-hybridized carbons (Fsp3) is 0.200. The molecule has 9 nitrogen and oxygen atoms in total. The van der Waals surface area contributed by atoms with Crippen LogP contribution in [0.2, 0.25) is 0 Å². The number of benzene rings is 2. The van der Waals surface area contributed by atoms with Gasteiger partial charge in [0.15, 0.2) is 5.82 Å². The molecule has 5 rings (SSSR count). The summed E-state index contributed by atoms with van der Waals surface area (Å²) in [4.78, 5) is 16.6. The second kappa shape index (κ2) is 7.27. The van der Waals surface area contributed by atoms with E-state index < -0.39 is 0 Å². The molecular formula is C20H18N8O. The molecular weight excluding hydrogens is 368 g/mol. The van der Waals surface area contributed by atoms with E-state index in [1.807, 2.05) is 41.1 Å². The van der Waals surface area contributed by atoms with E-state index in [0.29, 0.717) is 23.8 Å². The van der Waals surface area contributed by atoms with E-state index in [2.05, 4.69) is 30.9 Å². The van der Waals surface area contributed by atoms with Gasteiger partial charge < -0.3 is 5.32 Å². The quantitative estimate of drug-likeness (QED) is 0.546. The second-order valence-corrected chi connectivity index (χ2v) is 7.00. The molecule has 2 aromatic heterocycles. The molecule has 29 heavy (non-hydrogen) atoms. The number of anilines is 1. The van der Waals surface area contributed by atoms with Gasteiger partial charge in [0.2, 0.25) is 0 Å². The Labute approximate surface area is 166 Å². The summed E-state index contributed by atoms with van der Waals surface area (Å²) < 4.78 is 3.59. The zero-order valence-electron chi connectivity index (χ0n) is 15.5. The Morgan fingerprint density at radius 1 is 1.14 bits per heavy atom. The molecule has 0 spiro atoms. The van der Waals surface area contributed by atoms with Crippen molar-refractivity contribution in [2.24, 2.45) is 0 Å². The molecule has 1 N–H and O–H groups in total. The first kappa shape index (κ1) is 17.2. The molecule has 1 amide bonds. The molecule has 0 bridgehead atoms. The summed E-state index contributed by atoms with van der Waals surface area (Å²) in [5.74, 6) is 0.553. The van der Waals surface area contributed by atoms with E-state index in [0.717, 1.165) is 29.8 Å². The Bertz CT molecular complexity index is 1130. The Morgan fingerprint density at radius 2 is 2.00 bits per heavy atom. The van der Waals surface area contributed by atoms with Crippen molar-refractivity contribution in [3.05, 3.63) is 72.3 Å². The highest BCUT2D eigenvalue weighted by Crippen LogP contribution is 2.36. The molecule has 144 valence electrons. The number of carbonyl (C=O) groups is 1. The fourth-order valence-corrected chi connectivity index (χ4v) is 3.15. The first-order chi connectivity index (χ1) is 14.3. The van der Waals surface area contributed by atoms with Crippen LogP contribution in [-0.4, -0.2) is 40.9 Å². The lowest BCUT2D eigenvalue weighted by atomic mass is 10.1. The average molecular weight is 386 g/mol. The van der Waals surface area contributed by atoms with Crippen molar-refractivity contribution in [3.63, 3.8) is 0 Å². The SMILES string of the molecule is O=C(Nc1cccc(-c2nnnn2C2CC2)c1)c1ccc(Cn2cncn2)cc1. The van der Waals surface area contributed by atoms with Crippen LogP contribution in [0.3, 0.4) is 0 Å². The van der Waals surface area contributed by atoms with Crippen LogP contribution in [0.1, 0.15) is 34.8 Å². The molecule has 0 atom stereocenters. The molecule has 2 heterocycles. The number of aromatic nitrogens is 7. The number of nitrogens with one attached hydrogen (secondary N) is 1. The van der Waals surface area contributed by atoms with Crippen molar-refractivity contribution in [1.82, 2.24) is 35.0 Å². The predicted molar refractivity (Wildman–Crippen MR) is 105 cm³/mol. The van der Waals surface area contributed by atoms with Crippen molar-refractivity contribution in [2.75, 3.05) is 5.32 Å². The monoisotopic (exact) mass is 386 g/mol. The maximum absolute atomic E-state index is 12.6. The van der Waals surface area contributed by atoms with Gasteiger partial charge in [0.05, 0.1) is 12.6 Å². The van der Waals surface area contributed by atoms with Gasteiger partial charge >= 0.3 is 0 Å². The Kier molecular flexibility index (Phi) is 4.32. The maximum Gasteiger partial charge on any atom is 0.255 e. The van der Waals surface area contributed by atoms with Gasteiger partial charge in [0, 0.05) is 16.8 Å². The average Bonchev–Trinajstić information content (AvgIpc) is 3.24. The topological polar surface area (TPSA) is 103 Å². The van der Waals surface area contributed by atoms with E-state index in [4.69, 9.17) is 0 Å². The van der Waals surface area contributed by atoms with Gasteiger partial charge in [-0.05, 0) is 53.1 Å². The third kappa shape index (κ3) is 3.75. The zero-order valence-corrected chi connectivity index (χ0v) is 15.5. The first-order valence-corrected chi connectivity index (χ1v) is 9.37. The third-order valence-corrected chi connectivity index (χ3v) is 4.79. The number of carbonyl (C=O) groups excluding carboxylic acids is 1. The minimum atomic E-state index is -0.170. The molecule has 0 radical (unpaired) electrons. The summed E-state index contributed by atoms with van der Waals surface area (Å²) in [5.41, 5.74) is 3.20. The standard InChI is InChI=1S/C20H18N8O/c29-20(15-6-4-14(5-7-15)11-27-13-21-12-22-27)23-17-3-1-2-16(10-17)19-24-25-26-28(19)18-8-9-18/h1-7,10,12-13,18H,8-9,11H2,(H,23,29). The van der Waals surface area contributed by atoms with E-state index in [-0.39, 0.29) is 5.91 Å². The molecule has 0 saturated heterocycles. The van der Waals surface area contributed by atoms with Gasteiger partial charge in [0.25, 0.3) is 5.91 Å². The molecule has 1 aliphatic carbocycles. The summed E-state index contributed by atoms with van der Waals surface area (Å²) in [6.07, 6.45) is 5.36. The number of tetrazole rings is 1. The van der Waals surface area contributed by atoms with E-state index >= 15 is 0 Å². The molecule has 0 unspecified atom stereocenters. The van der Waals surface area contributed by atoms with Crippen LogP contribution < -0.4 is 5.32 Å². The van der Waals surface area contributed by atoms with Gasteiger partial charge in [-0.25, -0.2) is 14.3 Å². The first-order valence-electron chi connectivity index (χ1n) is 9.37. The second-order valence-electron chi connectivity index (χ2n) is 7.00. The molecule has 0 aliphatic heterocycles. The molecule has 1 saturated carbocycles. The molecule has 4 aromatic rings. The van der Waals surface area contributed by atoms with Crippen molar-refractivity contribution >= 4 is 11.6 Å². The van der Waals surface area contributed by atoms with Crippen LogP contribution in [-0.2, 0) is 6.54 Å². The molecule has 1 fully saturated rings. The van der Waals surface area contributed by atoms with Crippen molar-refractivity contribution in [3.8, 4) is 11.4 Å². The molecule has 9 heteroatoms. The van der Waals surface area contributed by atoms with Crippen LogP contribution in [0.5, 0.6) is 0 Å². The van der Waals surface area contributed by atoms with Crippen LogP contribution in [0, 0.1) is 0 Å². The number of amides is 1. The number of nitrogens with zero attached hydrogens (tertiary/aromatic N) is 7. The Hall–Kier alpha value is -3.88. The lowest BCUT2D eigenvalue weighted by Crippen LogP contribution is -2.12. The highest BCUT2D eigenvalue weighted by molar-refractivity contribution is 6.04. The van der Waals surface area contributed by atoms with Crippen molar-refractivity contribution < 1.29 is 4.79 Å². The minimum Gasteiger partial charge on any atom is -0.322 e. The fourth-order valence-electron chi connectivity index (χ4n) is 3.15. The van der Waals surface area contributed by atoms with Crippen molar-refractivity contribution in [1.29, 1.82) is 0 Å². The van der Waals surface area contributed by atoms with Gasteiger partial charge in [-0.3, -0.25) is 4.79 Å². The Balaban J connectivity index is 1.30. The zero-order chi connectivity index (χ0) is 19.6. The van der Waals surface area contributed by atoms with Crippen LogP contribution >= 0.6 is 0 Å². The lowest BCUT2D eigenvalue weighted by Gasteiger charge is -2.08. The lowest BCUT2D eigenvalue weighted by molar-refractivity contribution is 0.102. The maximum atomic E-state index is 12.6. The Morgan fingerprint density at radius 3 is 2.76 bits per heavy atom. The van der Waals surface area contributed by atoms with Crippen molar-refractivity contribution in [2.45, 2.75) is 25.4 Å². The summed E-state index contributed by atoms with van der Waals surface area (Å²) in [6, 6.07) is 15.4. The normalized spacial score (nSPS) is 13.4. The van der Waals surface area contributed by atoms with Crippen LogP contribution in [0.15, 0.2) is 61.2 Å². The van der Waals surface area contributed by atoms with Gasteiger partial charge in [-0.1, -0.05) is 24.3 Å². The van der Waals surface area contributed by atoms with Gasteiger partial charge in [0.1, 0.15) is 12.7 Å². The highest BCUT2D eigenvalue weighted by atomic mass is 16.1. The number of hydrogen-bond donors (Lipinski definition) is 1. The smallest absolute Gasteiger partial charge is 0.255 e. The summed E-state index contributed by atoms with van der Waals surface area (Å²) in [7, 11) is 0. The summed E-state index contributed by atoms with van der Waals surface area (Å²) >= 11 is 0. The number of rotatable bonds is 6.